The standard InChI is InChI=1S/C11H9F2NO2S.C2H6.CH3Br/c1-16-10(15)5-17-9-4-14-8-3-6(12)2-7(13)11(8)9;2*1-2/h2-4,14H,5H2,1H3;1-2H3;1H3. The molecule has 0 saturated carbocycles. The van der Waals surface area contributed by atoms with Crippen LogP contribution < -0.4 is 0 Å². The summed E-state index contributed by atoms with van der Waals surface area (Å²) in [4.78, 5) is 14.3. The first-order valence-corrected chi connectivity index (χ1v) is 8.72. The number of benzene rings is 1. The van der Waals surface area contributed by atoms with Crippen LogP contribution in [0.2, 0.25) is 0 Å². The predicted molar refractivity (Wildman–Crippen MR) is 87.2 cm³/mol. The number of carbonyl (C=O) groups excluding carboxylic acids is 1. The number of methoxy groups -OCH3 is 1. The van der Waals surface area contributed by atoms with E-state index in [4.69, 9.17) is 0 Å². The number of fused-ring (bicyclic) bond motifs is 1. The summed E-state index contributed by atoms with van der Waals surface area (Å²) >= 11 is 4.08. The van der Waals surface area contributed by atoms with Gasteiger partial charge in [0.25, 0.3) is 0 Å². The summed E-state index contributed by atoms with van der Waals surface area (Å²) < 4.78 is 31.0. The summed E-state index contributed by atoms with van der Waals surface area (Å²) in [7, 11) is 1.29. The van der Waals surface area contributed by atoms with Crippen molar-refractivity contribution in [3.8, 4) is 0 Å². The molecule has 118 valence electrons. The Morgan fingerprint density at radius 1 is 1.33 bits per heavy atom. The minimum Gasteiger partial charge on any atom is -0.468 e. The Kier molecular flexibility index (Phi) is 10.1. The van der Waals surface area contributed by atoms with Crippen LogP contribution in [0.1, 0.15) is 13.8 Å². The van der Waals surface area contributed by atoms with Gasteiger partial charge in [-0.25, -0.2) is 8.78 Å². The van der Waals surface area contributed by atoms with Crippen LogP contribution in [-0.4, -0.2) is 29.6 Å². The molecule has 1 heterocycles. The van der Waals surface area contributed by atoms with Gasteiger partial charge in [-0.05, 0) is 11.9 Å². The molecule has 0 bridgehead atoms. The Labute approximate surface area is 135 Å². The lowest BCUT2D eigenvalue weighted by Gasteiger charge is -2.00. The van der Waals surface area contributed by atoms with Gasteiger partial charge < -0.3 is 9.72 Å². The quantitative estimate of drug-likeness (QED) is 0.473. The van der Waals surface area contributed by atoms with Gasteiger partial charge in [-0.2, -0.15) is 0 Å². The first-order valence-electron chi connectivity index (χ1n) is 6.15. The zero-order chi connectivity index (χ0) is 16.4. The van der Waals surface area contributed by atoms with Crippen LogP contribution in [0.4, 0.5) is 8.78 Å². The van der Waals surface area contributed by atoms with Gasteiger partial charge in [0.05, 0.1) is 18.4 Å². The van der Waals surface area contributed by atoms with Crippen LogP contribution in [0.3, 0.4) is 0 Å². The zero-order valence-corrected chi connectivity index (χ0v) is 14.7. The lowest BCUT2D eigenvalue weighted by molar-refractivity contribution is -0.137. The molecule has 1 aromatic heterocycles. The van der Waals surface area contributed by atoms with E-state index in [1.165, 1.54) is 13.2 Å². The molecule has 2 aromatic rings. The highest BCUT2D eigenvalue weighted by molar-refractivity contribution is 9.08. The van der Waals surface area contributed by atoms with E-state index >= 15 is 0 Å². The summed E-state index contributed by atoms with van der Waals surface area (Å²) in [5, 5.41) is 0.292. The van der Waals surface area contributed by atoms with Crippen molar-refractivity contribution in [1.29, 1.82) is 0 Å². The molecule has 0 radical (unpaired) electrons. The van der Waals surface area contributed by atoms with Crippen LogP contribution >= 0.6 is 27.7 Å². The average molecular weight is 382 g/mol. The van der Waals surface area contributed by atoms with Crippen LogP contribution in [0.15, 0.2) is 23.2 Å². The van der Waals surface area contributed by atoms with Crippen molar-refractivity contribution < 1.29 is 18.3 Å². The fraction of sp³-hybridized carbons (Fsp3) is 0.357. The lowest BCUT2D eigenvalue weighted by Crippen LogP contribution is -2.02. The number of H-pyrrole nitrogens is 1. The Morgan fingerprint density at radius 2 is 1.95 bits per heavy atom. The minimum atomic E-state index is -0.645. The lowest BCUT2D eigenvalue weighted by atomic mass is 10.2. The van der Waals surface area contributed by atoms with E-state index in [9.17, 15) is 13.6 Å². The van der Waals surface area contributed by atoms with Crippen LogP contribution in [0, 0.1) is 11.6 Å². The van der Waals surface area contributed by atoms with Gasteiger partial charge in [-0.3, -0.25) is 4.79 Å². The van der Waals surface area contributed by atoms with E-state index in [0.717, 1.165) is 17.8 Å². The number of carbonyl (C=O) groups is 1. The van der Waals surface area contributed by atoms with Gasteiger partial charge in [0, 0.05) is 22.5 Å². The van der Waals surface area contributed by atoms with Crippen molar-refractivity contribution in [3.05, 3.63) is 30.0 Å². The number of alkyl halides is 1. The van der Waals surface area contributed by atoms with Crippen LogP contribution in [0.5, 0.6) is 0 Å². The summed E-state index contributed by atoms with van der Waals surface area (Å²) in [5.74, 6) is 0.217. The molecular formula is C14H18BrF2NO2S. The second-order valence-corrected chi connectivity index (χ2v) is 4.35. The van der Waals surface area contributed by atoms with Gasteiger partial charge in [-0.15, -0.1) is 11.8 Å². The molecule has 0 spiro atoms. The van der Waals surface area contributed by atoms with Gasteiger partial charge >= 0.3 is 5.97 Å². The number of aromatic amines is 1. The molecule has 2 rings (SSSR count). The fourth-order valence-corrected chi connectivity index (χ4v) is 2.35. The highest BCUT2D eigenvalue weighted by Gasteiger charge is 2.12. The Morgan fingerprint density at radius 3 is 2.52 bits per heavy atom. The maximum Gasteiger partial charge on any atom is 0.315 e. The number of hydrogen-bond donors (Lipinski definition) is 1. The summed E-state index contributed by atoms with van der Waals surface area (Å²) in [6.07, 6.45) is 1.54. The van der Waals surface area contributed by atoms with Crippen molar-refractivity contribution in [2.75, 3.05) is 18.7 Å². The number of ether oxygens (including phenoxy) is 1. The van der Waals surface area contributed by atoms with Gasteiger partial charge in [0.2, 0.25) is 0 Å². The van der Waals surface area contributed by atoms with Crippen molar-refractivity contribution in [1.82, 2.24) is 4.98 Å². The molecule has 0 atom stereocenters. The maximum absolute atomic E-state index is 13.6. The van der Waals surface area contributed by atoms with Gasteiger partial charge in [0.15, 0.2) is 0 Å². The average Bonchev–Trinajstić information content (AvgIpc) is 2.92. The van der Waals surface area contributed by atoms with Crippen LogP contribution in [-0.2, 0) is 9.53 Å². The van der Waals surface area contributed by atoms with E-state index in [0.29, 0.717) is 15.8 Å². The largest absolute Gasteiger partial charge is 0.468 e. The molecule has 0 unspecified atom stereocenters. The molecule has 1 N–H and O–H groups in total. The zero-order valence-electron chi connectivity index (χ0n) is 12.3. The Hall–Kier alpha value is -1.08. The third-order valence-corrected chi connectivity index (χ3v) is 3.25. The first kappa shape index (κ1) is 19.9. The van der Waals surface area contributed by atoms with Crippen molar-refractivity contribution in [3.63, 3.8) is 0 Å². The second kappa shape index (κ2) is 10.6. The predicted octanol–water partition coefficient (Wildman–Crippen LogP) is 4.75. The normalized spacial score (nSPS) is 9.29. The number of nitrogens with one attached hydrogen (secondary N) is 1. The van der Waals surface area contributed by atoms with Crippen molar-refractivity contribution in [2.45, 2.75) is 18.7 Å². The third-order valence-electron chi connectivity index (χ3n) is 2.23. The second-order valence-electron chi connectivity index (χ2n) is 3.33. The summed E-state index contributed by atoms with van der Waals surface area (Å²) in [6, 6.07) is 2.03. The molecule has 3 nitrogen and oxygen atoms in total. The first-order chi connectivity index (χ1) is 10.1. The molecular weight excluding hydrogens is 364 g/mol. The maximum atomic E-state index is 13.6. The number of esters is 1. The van der Waals surface area contributed by atoms with Crippen LogP contribution in [0.25, 0.3) is 10.9 Å². The van der Waals surface area contributed by atoms with Gasteiger partial charge in [-0.1, -0.05) is 29.8 Å². The van der Waals surface area contributed by atoms with Crippen molar-refractivity contribution >= 4 is 44.6 Å². The molecule has 0 amide bonds. The third kappa shape index (κ3) is 5.67. The number of hydrogen-bond acceptors (Lipinski definition) is 3. The molecule has 0 fully saturated rings. The van der Waals surface area contributed by atoms with Gasteiger partial charge in [0.1, 0.15) is 11.6 Å². The number of rotatable bonds is 3. The number of halogens is 3. The topological polar surface area (TPSA) is 42.1 Å². The molecule has 0 aliphatic rings. The molecule has 0 saturated heterocycles. The molecule has 0 aliphatic heterocycles. The Bertz CT molecular complexity index is 575. The van der Waals surface area contributed by atoms with E-state index in [1.807, 2.05) is 19.7 Å². The van der Waals surface area contributed by atoms with E-state index < -0.39 is 17.6 Å². The highest BCUT2D eigenvalue weighted by Crippen LogP contribution is 2.30. The van der Waals surface area contributed by atoms with E-state index in [2.05, 4.69) is 25.7 Å². The minimum absolute atomic E-state index is 0.0836. The van der Waals surface area contributed by atoms with E-state index in [-0.39, 0.29) is 5.75 Å². The fourth-order valence-electron chi connectivity index (χ4n) is 1.46. The van der Waals surface area contributed by atoms with E-state index in [1.54, 1.807) is 6.20 Å². The highest BCUT2D eigenvalue weighted by atomic mass is 79.9. The smallest absolute Gasteiger partial charge is 0.315 e. The molecule has 1 aromatic carbocycles. The molecule has 7 heteroatoms. The monoisotopic (exact) mass is 381 g/mol. The molecule has 0 aliphatic carbocycles. The molecule has 21 heavy (non-hydrogen) atoms. The van der Waals surface area contributed by atoms with Crippen molar-refractivity contribution in [2.24, 2.45) is 0 Å². The summed E-state index contributed by atoms with van der Waals surface area (Å²) in [6.45, 7) is 4.00. The SMILES string of the molecule is CBr.CC.COC(=O)CSc1c[nH]c2cc(F)cc(F)c12. The number of aromatic nitrogens is 1. The Balaban J connectivity index is 0.000000921. The summed E-state index contributed by atoms with van der Waals surface area (Å²) in [5.41, 5.74) is 0.370. The number of thioether (sulfide) groups is 1.